The van der Waals surface area contributed by atoms with Crippen LogP contribution < -0.4 is 15.6 Å². The van der Waals surface area contributed by atoms with E-state index in [2.05, 4.69) is 5.32 Å². The zero-order chi connectivity index (χ0) is 23.2. The Morgan fingerprint density at radius 1 is 1.16 bits per heavy atom. The van der Waals surface area contributed by atoms with Crippen LogP contribution in [0.5, 0.6) is 11.5 Å². The van der Waals surface area contributed by atoms with E-state index in [9.17, 15) is 22.8 Å². The van der Waals surface area contributed by atoms with Gasteiger partial charge in [-0.2, -0.15) is 13.2 Å². The minimum atomic E-state index is -4.75. The van der Waals surface area contributed by atoms with Gasteiger partial charge in [-0.1, -0.05) is 42.3 Å². The highest BCUT2D eigenvalue weighted by molar-refractivity contribution is 6.32. The molecule has 2 aromatic carbocycles. The number of hydrogen-bond donors (Lipinski definition) is 2. The summed E-state index contributed by atoms with van der Waals surface area (Å²) in [5.74, 6) is -0.0883. The fraction of sp³-hybridized carbons (Fsp3) is 0.182. The van der Waals surface area contributed by atoms with Crippen LogP contribution in [0.1, 0.15) is 45.7 Å². The van der Waals surface area contributed by atoms with Gasteiger partial charge in [0.05, 0.1) is 6.04 Å². The number of fused-ring (bicyclic) bond motifs is 2. The maximum absolute atomic E-state index is 13.2. The number of alkyl halides is 3. The number of carbonyl (C=O) groups excluding carboxylic acids is 1. The van der Waals surface area contributed by atoms with Crippen LogP contribution >= 0.6 is 23.2 Å². The number of nitrogens with one attached hydrogen (secondary N) is 2. The molecule has 166 valence electrons. The number of pyridine rings is 1. The molecule has 1 unspecified atom stereocenters. The van der Waals surface area contributed by atoms with E-state index < -0.39 is 34.9 Å². The summed E-state index contributed by atoms with van der Waals surface area (Å²) in [6.07, 6.45) is -4.77. The van der Waals surface area contributed by atoms with Gasteiger partial charge in [-0.15, -0.1) is 0 Å². The van der Waals surface area contributed by atoms with Crippen LogP contribution in [0.4, 0.5) is 13.2 Å². The lowest BCUT2D eigenvalue weighted by Gasteiger charge is -2.29. The van der Waals surface area contributed by atoms with E-state index in [1.807, 2.05) is 0 Å². The maximum Gasteiger partial charge on any atom is 0.431 e. The Balaban J connectivity index is 1.79. The Hall–Kier alpha value is -2.97. The quantitative estimate of drug-likeness (QED) is 0.488. The zero-order valence-electron chi connectivity index (χ0n) is 16.4. The smallest absolute Gasteiger partial charge is 0.431 e. The molecule has 0 bridgehead atoms. The summed E-state index contributed by atoms with van der Waals surface area (Å²) in [7, 11) is 0. The first-order chi connectivity index (χ1) is 15.1. The molecule has 0 saturated heterocycles. The molecule has 0 spiro atoms. The van der Waals surface area contributed by atoms with E-state index in [4.69, 9.17) is 27.9 Å². The Labute approximate surface area is 190 Å². The first-order valence-corrected chi connectivity index (χ1v) is 10.3. The number of hydrogen-bond acceptors (Lipinski definition) is 3. The molecule has 4 rings (SSSR count). The van der Waals surface area contributed by atoms with Crippen molar-refractivity contribution in [3.05, 3.63) is 90.8 Å². The number of benzene rings is 2. The molecule has 1 atom stereocenters. The normalized spacial score (nSPS) is 14.9. The lowest BCUT2D eigenvalue weighted by Crippen LogP contribution is -2.35. The molecule has 0 saturated carbocycles. The van der Waals surface area contributed by atoms with Crippen LogP contribution in [0.25, 0.3) is 0 Å². The van der Waals surface area contributed by atoms with Crippen molar-refractivity contribution in [3.63, 3.8) is 0 Å². The number of aryl methyl sites for hydroxylation is 1. The Morgan fingerprint density at radius 2 is 1.91 bits per heavy atom. The van der Waals surface area contributed by atoms with Gasteiger partial charge in [0, 0.05) is 21.2 Å². The van der Waals surface area contributed by atoms with Gasteiger partial charge in [-0.05, 0) is 42.3 Å². The molecule has 1 aliphatic heterocycles. The van der Waals surface area contributed by atoms with Gasteiger partial charge in [0.2, 0.25) is 0 Å². The minimum absolute atomic E-state index is 0.0286. The fourth-order valence-electron chi connectivity index (χ4n) is 3.63. The summed E-state index contributed by atoms with van der Waals surface area (Å²) >= 11 is 12.4. The second-order valence-corrected chi connectivity index (χ2v) is 7.95. The van der Waals surface area contributed by atoms with E-state index in [0.717, 1.165) is 6.07 Å². The average Bonchev–Trinajstić information content (AvgIpc) is 2.72. The summed E-state index contributed by atoms with van der Waals surface area (Å²) in [6, 6.07) is 9.90. The molecule has 2 heterocycles. The number of aromatic amines is 1. The third-order valence-electron chi connectivity index (χ3n) is 5.12. The Kier molecular flexibility index (Phi) is 5.68. The molecule has 0 radical (unpaired) electrons. The van der Waals surface area contributed by atoms with Crippen molar-refractivity contribution in [2.24, 2.45) is 0 Å². The fourth-order valence-corrected chi connectivity index (χ4v) is 4.06. The van der Waals surface area contributed by atoms with Crippen molar-refractivity contribution in [2.45, 2.75) is 25.6 Å². The van der Waals surface area contributed by atoms with E-state index in [0.29, 0.717) is 32.7 Å². The van der Waals surface area contributed by atoms with Crippen molar-refractivity contribution >= 4 is 29.1 Å². The number of carbonyl (C=O) groups is 1. The molecule has 1 amide bonds. The van der Waals surface area contributed by atoms with Crippen molar-refractivity contribution in [3.8, 4) is 11.5 Å². The zero-order valence-corrected chi connectivity index (χ0v) is 18.0. The number of amides is 1. The van der Waals surface area contributed by atoms with E-state index in [1.54, 1.807) is 41.4 Å². The third-order valence-corrected chi connectivity index (χ3v) is 5.68. The highest BCUT2D eigenvalue weighted by Crippen LogP contribution is 2.46. The molecular formula is C22H15Cl2F3N2O3. The standard InChI is InChI=1S/C22H15Cl2F3N2O3/c1-2-10-8-13(21(31)29-19(10)22(25,26)27)20(30)28-18-12-7-6-11(23)9-16(12)32-15-5-3-4-14(24)17(15)18/h3-9,18H,2H2,1H3,(H,28,30)(H,29,31). The predicted octanol–water partition coefficient (Wildman–Crippen LogP) is 5.89. The molecular weight excluding hydrogens is 468 g/mol. The highest BCUT2D eigenvalue weighted by atomic mass is 35.5. The molecule has 1 aromatic heterocycles. The van der Waals surface area contributed by atoms with Gasteiger partial charge in [-0.3, -0.25) is 9.59 Å². The summed E-state index contributed by atoms with van der Waals surface area (Å²) in [6.45, 7) is 1.50. The number of halogens is 5. The van der Waals surface area contributed by atoms with Gasteiger partial charge in [0.25, 0.3) is 11.5 Å². The Morgan fingerprint density at radius 3 is 2.59 bits per heavy atom. The van der Waals surface area contributed by atoms with Crippen molar-refractivity contribution < 1.29 is 22.7 Å². The second-order valence-electron chi connectivity index (χ2n) is 7.11. The maximum atomic E-state index is 13.2. The molecule has 2 N–H and O–H groups in total. The number of ether oxygens (including phenoxy) is 1. The number of H-pyrrole nitrogens is 1. The summed E-state index contributed by atoms with van der Waals surface area (Å²) in [5.41, 5.74) is -1.96. The molecule has 0 aliphatic carbocycles. The van der Waals surface area contributed by atoms with Crippen LogP contribution in [-0.4, -0.2) is 10.9 Å². The van der Waals surface area contributed by atoms with E-state index in [-0.39, 0.29) is 12.0 Å². The molecule has 10 heteroatoms. The van der Waals surface area contributed by atoms with Crippen molar-refractivity contribution in [2.75, 3.05) is 0 Å². The predicted molar refractivity (Wildman–Crippen MR) is 114 cm³/mol. The molecule has 5 nitrogen and oxygen atoms in total. The van der Waals surface area contributed by atoms with Crippen LogP contribution in [0.2, 0.25) is 10.0 Å². The average molecular weight is 483 g/mol. The number of rotatable bonds is 3. The third kappa shape index (κ3) is 3.96. The van der Waals surface area contributed by atoms with Crippen molar-refractivity contribution in [1.82, 2.24) is 10.3 Å². The summed E-state index contributed by atoms with van der Waals surface area (Å²) in [5, 5.41) is 3.43. The van der Waals surface area contributed by atoms with Gasteiger partial charge in [0.15, 0.2) is 0 Å². The molecule has 32 heavy (non-hydrogen) atoms. The molecule has 3 aromatic rings. The van der Waals surface area contributed by atoms with Crippen molar-refractivity contribution in [1.29, 1.82) is 0 Å². The topological polar surface area (TPSA) is 71.2 Å². The SMILES string of the molecule is CCc1cc(C(=O)NC2c3ccc(Cl)cc3Oc3cccc(Cl)c32)c(=O)[nH]c1C(F)(F)F. The van der Waals surface area contributed by atoms with Crippen LogP contribution in [0.15, 0.2) is 47.3 Å². The first-order valence-electron chi connectivity index (χ1n) is 9.50. The van der Waals surface area contributed by atoms with Gasteiger partial charge in [0.1, 0.15) is 22.8 Å². The monoisotopic (exact) mass is 482 g/mol. The highest BCUT2D eigenvalue weighted by Gasteiger charge is 2.36. The van der Waals surface area contributed by atoms with E-state index >= 15 is 0 Å². The van der Waals surface area contributed by atoms with Crippen LogP contribution in [0, 0.1) is 0 Å². The first kappa shape index (κ1) is 22.2. The summed E-state index contributed by atoms with van der Waals surface area (Å²) < 4.78 is 45.5. The van der Waals surface area contributed by atoms with Crippen LogP contribution in [0.3, 0.4) is 0 Å². The largest absolute Gasteiger partial charge is 0.456 e. The minimum Gasteiger partial charge on any atom is -0.456 e. The van der Waals surface area contributed by atoms with Crippen LogP contribution in [-0.2, 0) is 12.6 Å². The Bertz CT molecular complexity index is 1290. The molecule has 1 aliphatic rings. The lowest BCUT2D eigenvalue weighted by atomic mass is 9.94. The van der Waals surface area contributed by atoms with E-state index in [1.165, 1.54) is 6.92 Å². The second kappa shape index (κ2) is 8.18. The number of aromatic nitrogens is 1. The van der Waals surface area contributed by atoms with Gasteiger partial charge in [-0.25, -0.2) is 0 Å². The van der Waals surface area contributed by atoms with Gasteiger partial charge < -0.3 is 15.0 Å². The van der Waals surface area contributed by atoms with Gasteiger partial charge >= 0.3 is 6.18 Å². The lowest BCUT2D eigenvalue weighted by molar-refractivity contribution is -0.141. The molecule has 0 fully saturated rings. The summed E-state index contributed by atoms with van der Waals surface area (Å²) in [4.78, 5) is 27.2.